The molecular weight excluding hydrogens is 285 g/mol. The summed E-state index contributed by atoms with van der Waals surface area (Å²) in [7, 11) is 1.60. The Morgan fingerprint density at radius 1 is 1.18 bits per heavy atom. The number of carbonyl (C=O) groups is 1. The van der Waals surface area contributed by atoms with E-state index in [1.54, 1.807) is 20.1 Å². The highest BCUT2D eigenvalue weighted by Gasteiger charge is 2.14. The number of rotatable bonds is 6. The number of hydrogen-bond donors (Lipinski definition) is 1. The molecule has 0 saturated carbocycles. The number of hydrogen-bond acceptors (Lipinski definition) is 3. The molecule has 0 saturated heterocycles. The highest BCUT2D eigenvalue weighted by Crippen LogP contribution is 2.14. The van der Waals surface area contributed by atoms with Crippen LogP contribution in [0.5, 0.6) is 11.5 Å². The highest BCUT2D eigenvalue weighted by atomic mass is 19.1. The van der Waals surface area contributed by atoms with Crippen molar-refractivity contribution < 1.29 is 18.7 Å². The predicted octanol–water partition coefficient (Wildman–Crippen LogP) is 2.92. The van der Waals surface area contributed by atoms with E-state index in [0.717, 1.165) is 11.3 Å². The molecule has 5 heteroatoms. The molecule has 0 bridgehead atoms. The van der Waals surface area contributed by atoms with Crippen LogP contribution in [0.25, 0.3) is 0 Å². The average molecular weight is 303 g/mol. The van der Waals surface area contributed by atoms with Crippen molar-refractivity contribution in [1.29, 1.82) is 0 Å². The minimum Gasteiger partial charge on any atom is -0.497 e. The molecule has 0 spiro atoms. The highest BCUT2D eigenvalue weighted by molar-refractivity contribution is 5.80. The third-order valence-corrected chi connectivity index (χ3v) is 3.10. The molecule has 22 heavy (non-hydrogen) atoms. The van der Waals surface area contributed by atoms with E-state index in [1.807, 2.05) is 24.3 Å². The van der Waals surface area contributed by atoms with Crippen molar-refractivity contribution in [3.05, 3.63) is 59.9 Å². The molecule has 2 aromatic carbocycles. The number of methoxy groups -OCH3 is 1. The zero-order valence-corrected chi connectivity index (χ0v) is 12.5. The average Bonchev–Trinajstić information content (AvgIpc) is 2.53. The van der Waals surface area contributed by atoms with Gasteiger partial charge in [0.1, 0.15) is 17.3 Å². The topological polar surface area (TPSA) is 47.6 Å². The fourth-order valence-corrected chi connectivity index (χ4v) is 1.87. The quantitative estimate of drug-likeness (QED) is 0.892. The smallest absolute Gasteiger partial charge is 0.261 e. The van der Waals surface area contributed by atoms with Gasteiger partial charge in [0.05, 0.1) is 7.11 Å². The summed E-state index contributed by atoms with van der Waals surface area (Å²) in [5.41, 5.74) is 0.951. The summed E-state index contributed by atoms with van der Waals surface area (Å²) >= 11 is 0. The first kappa shape index (κ1) is 15.8. The molecule has 0 aliphatic heterocycles. The summed E-state index contributed by atoms with van der Waals surface area (Å²) in [5.74, 6) is 0.424. The number of nitrogens with one attached hydrogen (secondary N) is 1. The molecule has 0 aromatic heterocycles. The first-order valence-corrected chi connectivity index (χ1v) is 6.91. The Morgan fingerprint density at radius 3 is 2.55 bits per heavy atom. The molecule has 1 amide bonds. The maximum absolute atomic E-state index is 13.1. The summed E-state index contributed by atoms with van der Waals surface area (Å²) in [5, 5.41) is 2.77. The van der Waals surface area contributed by atoms with Crippen molar-refractivity contribution in [2.45, 2.75) is 19.6 Å². The van der Waals surface area contributed by atoms with Crippen molar-refractivity contribution in [2.75, 3.05) is 7.11 Å². The Hall–Kier alpha value is -2.56. The monoisotopic (exact) mass is 303 g/mol. The van der Waals surface area contributed by atoms with Gasteiger partial charge in [-0.25, -0.2) is 4.39 Å². The number of benzene rings is 2. The van der Waals surface area contributed by atoms with Crippen LogP contribution in [0.4, 0.5) is 4.39 Å². The van der Waals surface area contributed by atoms with Gasteiger partial charge in [0.2, 0.25) is 0 Å². The van der Waals surface area contributed by atoms with Crippen LogP contribution in [0.3, 0.4) is 0 Å². The van der Waals surface area contributed by atoms with Crippen LogP contribution in [0.1, 0.15) is 12.5 Å². The summed E-state index contributed by atoms with van der Waals surface area (Å²) in [6, 6.07) is 13.1. The van der Waals surface area contributed by atoms with Gasteiger partial charge in [0, 0.05) is 12.6 Å². The molecule has 4 nitrogen and oxygen atoms in total. The van der Waals surface area contributed by atoms with E-state index in [-0.39, 0.29) is 5.91 Å². The minimum absolute atomic E-state index is 0.264. The van der Waals surface area contributed by atoms with Gasteiger partial charge in [0.15, 0.2) is 6.10 Å². The third-order valence-electron chi connectivity index (χ3n) is 3.10. The standard InChI is InChI=1S/C17H18FNO3/c1-12(22-16-5-3-4-14(18)10-16)17(20)19-11-13-6-8-15(21-2)9-7-13/h3-10,12H,11H2,1-2H3,(H,19,20)/t12-/m0/s1. The van der Waals surface area contributed by atoms with Crippen molar-refractivity contribution in [2.24, 2.45) is 0 Å². The van der Waals surface area contributed by atoms with Crippen LogP contribution in [-0.2, 0) is 11.3 Å². The van der Waals surface area contributed by atoms with Crippen molar-refractivity contribution in [1.82, 2.24) is 5.32 Å². The fourth-order valence-electron chi connectivity index (χ4n) is 1.87. The Morgan fingerprint density at radius 2 is 1.91 bits per heavy atom. The van der Waals surface area contributed by atoms with E-state index >= 15 is 0 Å². The number of ether oxygens (including phenoxy) is 2. The van der Waals surface area contributed by atoms with Crippen LogP contribution in [0.2, 0.25) is 0 Å². The van der Waals surface area contributed by atoms with E-state index in [1.165, 1.54) is 18.2 Å². The lowest BCUT2D eigenvalue weighted by atomic mass is 10.2. The molecule has 0 aliphatic rings. The number of carbonyl (C=O) groups excluding carboxylic acids is 1. The third kappa shape index (κ3) is 4.48. The van der Waals surface area contributed by atoms with Crippen LogP contribution in [-0.4, -0.2) is 19.1 Å². The van der Waals surface area contributed by atoms with E-state index < -0.39 is 11.9 Å². The zero-order valence-electron chi connectivity index (χ0n) is 12.5. The van der Waals surface area contributed by atoms with E-state index in [9.17, 15) is 9.18 Å². The van der Waals surface area contributed by atoms with Gasteiger partial charge < -0.3 is 14.8 Å². The van der Waals surface area contributed by atoms with E-state index in [0.29, 0.717) is 12.3 Å². The molecule has 2 rings (SSSR count). The molecule has 0 aliphatic carbocycles. The molecule has 0 heterocycles. The molecular formula is C17H18FNO3. The first-order valence-electron chi connectivity index (χ1n) is 6.91. The number of amides is 1. The summed E-state index contributed by atoms with van der Waals surface area (Å²) < 4.78 is 23.5. The predicted molar refractivity (Wildman–Crippen MR) is 81.3 cm³/mol. The Labute approximate surface area is 128 Å². The minimum atomic E-state index is -0.708. The van der Waals surface area contributed by atoms with Crippen LogP contribution in [0.15, 0.2) is 48.5 Å². The Balaban J connectivity index is 1.85. The van der Waals surface area contributed by atoms with Gasteiger partial charge in [-0.1, -0.05) is 18.2 Å². The first-order chi connectivity index (χ1) is 10.6. The Kier molecular flexibility index (Phi) is 5.36. The van der Waals surface area contributed by atoms with E-state index in [2.05, 4.69) is 5.32 Å². The van der Waals surface area contributed by atoms with Gasteiger partial charge in [-0.05, 0) is 36.8 Å². The van der Waals surface area contributed by atoms with Gasteiger partial charge >= 0.3 is 0 Å². The van der Waals surface area contributed by atoms with Crippen molar-refractivity contribution in [3.63, 3.8) is 0 Å². The van der Waals surface area contributed by atoms with Crippen LogP contribution in [0, 0.1) is 5.82 Å². The fraction of sp³-hybridized carbons (Fsp3) is 0.235. The lowest BCUT2D eigenvalue weighted by Gasteiger charge is -2.15. The summed E-state index contributed by atoms with van der Waals surface area (Å²) in [6.45, 7) is 2.01. The zero-order chi connectivity index (χ0) is 15.9. The number of halogens is 1. The molecule has 1 N–H and O–H groups in total. The van der Waals surface area contributed by atoms with Crippen molar-refractivity contribution >= 4 is 5.91 Å². The lowest BCUT2D eigenvalue weighted by Crippen LogP contribution is -2.35. The molecule has 2 aromatic rings. The van der Waals surface area contributed by atoms with Crippen LogP contribution < -0.4 is 14.8 Å². The summed E-state index contributed by atoms with van der Waals surface area (Å²) in [4.78, 5) is 12.0. The molecule has 0 radical (unpaired) electrons. The second kappa shape index (κ2) is 7.45. The maximum Gasteiger partial charge on any atom is 0.261 e. The van der Waals surface area contributed by atoms with E-state index in [4.69, 9.17) is 9.47 Å². The molecule has 0 unspecified atom stereocenters. The summed E-state index contributed by atoms with van der Waals surface area (Å²) in [6.07, 6.45) is -0.708. The maximum atomic E-state index is 13.1. The van der Waals surface area contributed by atoms with Gasteiger partial charge in [0.25, 0.3) is 5.91 Å². The largest absolute Gasteiger partial charge is 0.497 e. The second-order valence-electron chi connectivity index (χ2n) is 4.78. The van der Waals surface area contributed by atoms with Gasteiger partial charge in [-0.15, -0.1) is 0 Å². The SMILES string of the molecule is COc1ccc(CNC(=O)[C@H](C)Oc2cccc(F)c2)cc1. The molecule has 0 fully saturated rings. The Bertz CT molecular complexity index is 628. The normalized spacial score (nSPS) is 11.6. The second-order valence-corrected chi connectivity index (χ2v) is 4.78. The molecule has 1 atom stereocenters. The van der Waals surface area contributed by atoms with Gasteiger partial charge in [-0.2, -0.15) is 0 Å². The molecule has 116 valence electrons. The lowest BCUT2D eigenvalue weighted by molar-refractivity contribution is -0.127. The van der Waals surface area contributed by atoms with Crippen molar-refractivity contribution in [3.8, 4) is 11.5 Å². The van der Waals surface area contributed by atoms with Gasteiger partial charge in [-0.3, -0.25) is 4.79 Å². The van der Waals surface area contributed by atoms with Crippen LogP contribution >= 0.6 is 0 Å².